The Labute approximate surface area is 356 Å². The summed E-state index contributed by atoms with van der Waals surface area (Å²) in [6, 6.07) is 0. The van der Waals surface area contributed by atoms with Crippen LogP contribution >= 0.6 is 0 Å². The number of hydrogen-bond donors (Lipinski definition) is 0. The predicted molar refractivity (Wildman–Crippen MR) is 247 cm³/mol. The molecule has 1 atom stereocenters. The van der Waals surface area contributed by atoms with Crippen molar-refractivity contribution in [1.29, 1.82) is 0 Å². The molecule has 0 radical (unpaired) electrons. The lowest BCUT2D eigenvalue weighted by atomic mass is 10.0. The zero-order valence-electron chi connectivity index (χ0n) is 37.5. The van der Waals surface area contributed by atoms with Gasteiger partial charge in [0.05, 0.1) is 0 Å². The summed E-state index contributed by atoms with van der Waals surface area (Å²) in [4.78, 5) is 37.8. The van der Waals surface area contributed by atoms with Gasteiger partial charge < -0.3 is 14.2 Å². The van der Waals surface area contributed by atoms with Crippen molar-refractivity contribution in [2.75, 3.05) is 13.2 Å². The van der Waals surface area contributed by atoms with Crippen LogP contribution in [0.15, 0.2) is 85.1 Å². The molecule has 330 valence electrons. The fraction of sp³-hybridized carbons (Fsp3) is 0.673. The van der Waals surface area contributed by atoms with E-state index >= 15 is 0 Å². The minimum absolute atomic E-state index is 0.0993. The van der Waals surface area contributed by atoms with Gasteiger partial charge in [0.1, 0.15) is 13.2 Å². The van der Waals surface area contributed by atoms with E-state index in [0.29, 0.717) is 19.3 Å². The molecule has 0 amide bonds. The van der Waals surface area contributed by atoms with E-state index in [2.05, 4.69) is 69.4 Å². The van der Waals surface area contributed by atoms with Gasteiger partial charge in [0.25, 0.3) is 0 Å². The molecular formula is C52H86O6. The second-order valence-electron chi connectivity index (χ2n) is 15.4. The molecule has 0 N–H and O–H groups in total. The van der Waals surface area contributed by atoms with E-state index in [1.54, 1.807) is 0 Å². The van der Waals surface area contributed by atoms with Gasteiger partial charge in [-0.3, -0.25) is 14.4 Å². The van der Waals surface area contributed by atoms with Gasteiger partial charge in [-0.25, -0.2) is 0 Å². The Balaban J connectivity index is 4.49. The summed E-state index contributed by atoms with van der Waals surface area (Å²) in [6.07, 6.45) is 58.5. The van der Waals surface area contributed by atoms with Gasteiger partial charge in [-0.1, -0.05) is 202 Å². The Morgan fingerprint density at radius 2 is 0.759 bits per heavy atom. The number of esters is 3. The lowest BCUT2D eigenvalue weighted by Gasteiger charge is -2.18. The van der Waals surface area contributed by atoms with Crippen LogP contribution in [-0.4, -0.2) is 37.2 Å². The fourth-order valence-corrected chi connectivity index (χ4v) is 6.23. The highest BCUT2D eigenvalue weighted by Gasteiger charge is 2.19. The predicted octanol–water partition coefficient (Wildman–Crippen LogP) is 15.3. The molecule has 6 heteroatoms. The highest BCUT2D eigenvalue weighted by atomic mass is 16.6. The monoisotopic (exact) mass is 807 g/mol. The SMILES string of the molecule is CC\C=C/C=C\C=C/C=C\CCCCCC(=O)OC(COC(=O)CCCCCC/C=C\C/C=C\C/C=C\CC)COC(=O)CCCCCCCCCCCCCCC. The van der Waals surface area contributed by atoms with Gasteiger partial charge in [0.2, 0.25) is 0 Å². The summed E-state index contributed by atoms with van der Waals surface area (Å²) in [5.74, 6) is -0.967. The van der Waals surface area contributed by atoms with Crippen molar-refractivity contribution in [3.8, 4) is 0 Å². The molecule has 58 heavy (non-hydrogen) atoms. The Morgan fingerprint density at radius 3 is 1.28 bits per heavy atom. The molecule has 0 saturated carbocycles. The zero-order valence-corrected chi connectivity index (χ0v) is 37.5. The van der Waals surface area contributed by atoms with Gasteiger partial charge in [-0.05, 0) is 70.6 Å². The molecule has 0 rings (SSSR count). The topological polar surface area (TPSA) is 78.9 Å². The maximum absolute atomic E-state index is 12.7. The van der Waals surface area contributed by atoms with Gasteiger partial charge in [0, 0.05) is 19.3 Å². The highest BCUT2D eigenvalue weighted by molar-refractivity contribution is 5.71. The molecule has 0 aliphatic heterocycles. The number of allylic oxidation sites excluding steroid dienone is 14. The fourth-order valence-electron chi connectivity index (χ4n) is 6.23. The molecule has 0 saturated heterocycles. The summed E-state index contributed by atoms with van der Waals surface area (Å²) in [7, 11) is 0. The summed E-state index contributed by atoms with van der Waals surface area (Å²) < 4.78 is 16.7. The summed E-state index contributed by atoms with van der Waals surface area (Å²) in [5, 5.41) is 0. The van der Waals surface area contributed by atoms with Gasteiger partial charge >= 0.3 is 17.9 Å². The minimum Gasteiger partial charge on any atom is -0.462 e. The molecule has 0 fully saturated rings. The molecule has 0 spiro atoms. The molecule has 0 aliphatic carbocycles. The molecule has 0 heterocycles. The molecule has 0 aromatic heterocycles. The van der Waals surface area contributed by atoms with Crippen LogP contribution in [0.2, 0.25) is 0 Å². The van der Waals surface area contributed by atoms with E-state index in [1.165, 1.54) is 64.2 Å². The second kappa shape index (κ2) is 46.3. The van der Waals surface area contributed by atoms with E-state index in [0.717, 1.165) is 96.3 Å². The van der Waals surface area contributed by atoms with Gasteiger partial charge in [0.15, 0.2) is 6.10 Å². The maximum atomic E-state index is 12.7. The van der Waals surface area contributed by atoms with E-state index in [9.17, 15) is 14.4 Å². The Kier molecular flexibility index (Phi) is 43.6. The number of hydrogen-bond acceptors (Lipinski definition) is 6. The van der Waals surface area contributed by atoms with E-state index in [4.69, 9.17) is 14.2 Å². The van der Waals surface area contributed by atoms with E-state index in [-0.39, 0.29) is 37.5 Å². The summed E-state index contributed by atoms with van der Waals surface area (Å²) in [6.45, 7) is 6.31. The molecule has 0 aromatic rings. The summed E-state index contributed by atoms with van der Waals surface area (Å²) in [5.41, 5.74) is 0. The standard InChI is InChI=1S/C52H86O6/c1-4-7-10-13-16-19-22-25-28-30-33-36-39-42-45-51(54)57-48-49(58-52(55)46-43-40-37-34-31-27-24-21-18-15-12-9-6-3)47-56-50(53)44-41-38-35-32-29-26-23-20-17-14-11-8-5-2/h7,9-10,12,15-16,18-19,21,24-25,27-28,31,49H,4-6,8,11,13-14,17,20,22-23,26,29-30,32-48H2,1-3H3/b10-7-,12-9-,18-15-,19-16-,24-21-,28-25-,31-27-. The number of carbonyl (C=O) groups excluding carboxylic acids is 3. The third kappa shape index (κ3) is 43.7. The van der Waals surface area contributed by atoms with Crippen LogP contribution < -0.4 is 0 Å². The zero-order chi connectivity index (χ0) is 42.3. The first-order valence-electron chi connectivity index (χ1n) is 23.6. The van der Waals surface area contributed by atoms with Crippen molar-refractivity contribution in [2.45, 2.75) is 213 Å². The van der Waals surface area contributed by atoms with Crippen LogP contribution in [-0.2, 0) is 28.6 Å². The van der Waals surface area contributed by atoms with E-state index in [1.807, 2.05) is 36.5 Å². The average Bonchev–Trinajstić information content (AvgIpc) is 3.22. The molecular weight excluding hydrogens is 721 g/mol. The molecule has 0 bridgehead atoms. The molecule has 0 aromatic carbocycles. The first-order chi connectivity index (χ1) is 28.5. The Morgan fingerprint density at radius 1 is 0.379 bits per heavy atom. The van der Waals surface area contributed by atoms with E-state index < -0.39 is 6.10 Å². The highest BCUT2D eigenvalue weighted by Crippen LogP contribution is 2.14. The van der Waals surface area contributed by atoms with Crippen LogP contribution in [0, 0.1) is 0 Å². The van der Waals surface area contributed by atoms with Crippen molar-refractivity contribution < 1.29 is 28.6 Å². The molecule has 6 nitrogen and oxygen atoms in total. The van der Waals surface area contributed by atoms with Crippen molar-refractivity contribution in [3.63, 3.8) is 0 Å². The van der Waals surface area contributed by atoms with Crippen LogP contribution in [0.25, 0.3) is 0 Å². The van der Waals surface area contributed by atoms with Crippen LogP contribution in [0.5, 0.6) is 0 Å². The van der Waals surface area contributed by atoms with Crippen molar-refractivity contribution >= 4 is 17.9 Å². The number of unbranched alkanes of at least 4 members (excludes halogenated alkanes) is 19. The van der Waals surface area contributed by atoms with Crippen molar-refractivity contribution in [2.24, 2.45) is 0 Å². The van der Waals surface area contributed by atoms with Crippen LogP contribution in [0.1, 0.15) is 207 Å². The Hall–Kier alpha value is -3.41. The maximum Gasteiger partial charge on any atom is 0.306 e. The Bertz CT molecular complexity index is 1160. The second-order valence-corrected chi connectivity index (χ2v) is 15.4. The largest absolute Gasteiger partial charge is 0.462 e. The van der Waals surface area contributed by atoms with Crippen molar-refractivity contribution in [1.82, 2.24) is 0 Å². The third-order valence-electron chi connectivity index (χ3n) is 9.74. The van der Waals surface area contributed by atoms with Crippen LogP contribution in [0.4, 0.5) is 0 Å². The first kappa shape index (κ1) is 54.6. The molecule has 0 aliphatic rings. The number of ether oxygens (including phenoxy) is 3. The van der Waals surface area contributed by atoms with Crippen LogP contribution in [0.3, 0.4) is 0 Å². The lowest BCUT2D eigenvalue weighted by Crippen LogP contribution is -2.30. The average molecular weight is 807 g/mol. The molecule has 1 unspecified atom stereocenters. The van der Waals surface area contributed by atoms with Gasteiger partial charge in [-0.15, -0.1) is 0 Å². The smallest absolute Gasteiger partial charge is 0.306 e. The van der Waals surface area contributed by atoms with Gasteiger partial charge in [-0.2, -0.15) is 0 Å². The number of rotatable bonds is 41. The first-order valence-corrected chi connectivity index (χ1v) is 23.6. The number of carbonyl (C=O) groups is 3. The lowest BCUT2D eigenvalue weighted by molar-refractivity contribution is -0.167. The normalized spacial score (nSPS) is 12.8. The third-order valence-corrected chi connectivity index (χ3v) is 9.74. The minimum atomic E-state index is -0.803. The van der Waals surface area contributed by atoms with Crippen molar-refractivity contribution in [3.05, 3.63) is 85.1 Å². The summed E-state index contributed by atoms with van der Waals surface area (Å²) >= 11 is 0. The quantitative estimate of drug-likeness (QED) is 0.0201.